The van der Waals surface area contributed by atoms with Crippen LogP contribution in [0.2, 0.25) is 0 Å². The van der Waals surface area contributed by atoms with Crippen LogP contribution in [0.15, 0.2) is 23.1 Å². The zero-order valence-electron chi connectivity index (χ0n) is 14.3. The van der Waals surface area contributed by atoms with Crippen LogP contribution in [0.4, 0.5) is 0 Å². The smallest absolute Gasteiger partial charge is 0.251 e. The number of piperazine rings is 1. The zero-order chi connectivity index (χ0) is 17.4. The van der Waals surface area contributed by atoms with Crippen LogP contribution in [0.3, 0.4) is 0 Å². The fraction of sp³-hybridized carbons (Fsp3) is 0.611. The van der Waals surface area contributed by atoms with Gasteiger partial charge in [0.1, 0.15) is 6.10 Å². The van der Waals surface area contributed by atoms with Crippen LogP contribution < -0.4 is 0 Å². The summed E-state index contributed by atoms with van der Waals surface area (Å²) in [6.07, 6.45) is 4.46. The summed E-state index contributed by atoms with van der Waals surface area (Å²) >= 11 is 0. The molecule has 1 aliphatic carbocycles. The number of ether oxygens (including phenoxy) is 1. The first-order valence-corrected chi connectivity index (χ1v) is 10.5. The molecule has 7 heteroatoms. The van der Waals surface area contributed by atoms with E-state index in [1.54, 1.807) is 11.0 Å². The summed E-state index contributed by atoms with van der Waals surface area (Å²) in [5, 5.41) is 0. The van der Waals surface area contributed by atoms with Crippen LogP contribution >= 0.6 is 0 Å². The molecule has 0 spiro atoms. The maximum Gasteiger partial charge on any atom is 0.251 e. The van der Waals surface area contributed by atoms with Crippen molar-refractivity contribution in [2.24, 2.45) is 0 Å². The number of sulfonamides is 1. The average molecular weight is 364 g/mol. The lowest BCUT2D eigenvalue weighted by Gasteiger charge is -2.35. The van der Waals surface area contributed by atoms with Crippen molar-refractivity contribution >= 4 is 15.9 Å². The van der Waals surface area contributed by atoms with Gasteiger partial charge in [-0.1, -0.05) is 6.07 Å². The molecule has 25 heavy (non-hydrogen) atoms. The first-order valence-electron chi connectivity index (χ1n) is 9.08. The highest BCUT2D eigenvalue weighted by atomic mass is 32.2. The second-order valence-corrected chi connectivity index (χ2v) is 8.95. The third-order valence-electron chi connectivity index (χ3n) is 5.46. The Bertz CT molecular complexity index is 763. The number of carbonyl (C=O) groups is 1. The van der Waals surface area contributed by atoms with Crippen molar-refractivity contribution < 1.29 is 17.9 Å². The molecule has 1 atom stereocenters. The van der Waals surface area contributed by atoms with E-state index in [-0.39, 0.29) is 12.0 Å². The van der Waals surface area contributed by atoms with E-state index in [1.807, 2.05) is 12.1 Å². The molecule has 1 unspecified atom stereocenters. The highest BCUT2D eigenvalue weighted by Gasteiger charge is 2.34. The number of carbonyl (C=O) groups excluding carboxylic acids is 1. The lowest BCUT2D eigenvalue weighted by molar-refractivity contribution is -0.142. The minimum absolute atomic E-state index is 0.00655. The van der Waals surface area contributed by atoms with Crippen molar-refractivity contribution in [1.29, 1.82) is 0 Å². The summed E-state index contributed by atoms with van der Waals surface area (Å²) in [5.41, 5.74) is 2.43. The van der Waals surface area contributed by atoms with Crippen molar-refractivity contribution in [2.75, 3.05) is 32.8 Å². The van der Waals surface area contributed by atoms with Crippen molar-refractivity contribution in [3.63, 3.8) is 0 Å². The maximum absolute atomic E-state index is 12.9. The Morgan fingerprint density at radius 3 is 2.52 bits per heavy atom. The second kappa shape index (κ2) is 6.70. The molecule has 136 valence electrons. The van der Waals surface area contributed by atoms with Gasteiger partial charge < -0.3 is 9.64 Å². The van der Waals surface area contributed by atoms with E-state index >= 15 is 0 Å². The van der Waals surface area contributed by atoms with Crippen LogP contribution in [0.5, 0.6) is 0 Å². The van der Waals surface area contributed by atoms with Gasteiger partial charge in [-0.2, -0.15) is 4.31 Å². The monoisotopic (exact) mass is 364 g/mol. The summed E-state index contributed by atoms with van der Waals surface area (Å²) in [5.74, 6) is 0.00655. The predicted octanol–water partition coefficient (Wildman–Crippen LogP) is 1.19. The molecule has 0 N–H and O–H groups in total. The van der Waals surface area contributed by atoms with Gasteiger partial charge >= 0.3 is 0 Å². The summed E-state index contributed by atoms with van der Waals surface area (Å²) in [4.78, 5) is 14.5. The molecule has 2 heterocycles. The van der Waals surface area contributed by atoms with E-state index in [1.165, 1.54) is 9.87 Å². The Morgan fingerprint density at radius 1 is 1.04 bits per heavy atom. The van der Waals surface area contributed by atoms with Crippen LogP contribution in [0.1, 0.15) is 30.4 Å². The Balaban J connectivity index is 1.43. The number of hydrogen-bond acceptors (Lipinski definition) is 4. The van der Waals surface area contributed by atoms with E-state index in [9.17, 15) is 13.2 Å². The molecule has 2 fully saturated rings. The van der Waals surface area contributed by atoms with Crippen molar-refractivity contribution in [3.8, 4) is 0 Å². The lowest BCUT2D eigenvalue weighted by atomic mass is 10.1. The summed E-state index contributed by atoms with van der Waals surface area (Å²) < 4.78 is 32.8. The van der Waals surface area contributed by atoms with Crippen LogP contribution in [-0.2, 0) is 32.4 Å². The van der Waals surface area contributed by atoms with Gasteiger partial charge in [0.2, 0.25) is 10.0 Å². The largest absolute Gasteiger partial charge is 0.368 e. The van der Waals surface area contributed by atoms with E-state index < -0.39 is 10.0 Å². The van der Waals surface area contributed by atoms with E-state index in [4.69, 9.17) is 4.74 Å². The number of hydrogen-bond donors (Lipinski definition) is 0. The normalized spacial score (nSPS) is 24.5. The van der Waals surface area contributed by atoms with Gasteiger partial charge in [-0.05, 0) is 55.4 Å². The lowest BCUT2D eigenvalue weighted by Crippen LogP contribution is -2.52. The minimum atomic E-state index is -3.49. The first kappa shape index (κ1) is 17.0. The number of aryl methyl sites for hydroxylation is 2. The van der Waals surface area contributed by atoms with Crippen molar-refractivity contribution in [3.05, 3.63) is 29.3 Å². The van der Waals surface area contributed by atoms with E-state index in [2.05, 4.69) is 0 Å². The molecule has 0 radical (unpaired) electrons. The third-order valence-corrected chi connectivity index (χ3v) is 7.36. The molecule has 0 bridgehead atoms. The molecule has 6 nitrogen and oxygen atoms in total. The number of nitrogens with zero attached hydrogens (tertiary/aromatic N) is 2. The van der Waals surface area contributed by atoms with Crippen molar-refractivity contribution in [2.45, 2.75) is 43.1 Å². The Morgan fingerprint density at radius 2 is 1.80 bits per heavy atom. The van der Waals surface area contributed by atoms with Gasteiger partial charge in [0.25, 0.3) is 5.91 Å². The molecule has 0 saturated carbocycles. The molecule has 1 amide bonds. The molecule has 2 aliphatic heterocycles. The Hall–Kier alpha value is -1.44. The van der Waals surface area contributed by atoms with Gasteiger partial charge in [-0.3, -0.25) is 4.79 Å². The van der Waals surface area contributed by atoms with Gasteiger partial charge in [0.05, 0.1) is 4.90 Å². The summed E-state index contributed by atoms with van der Waals surface area (Å²) in [6, 6.07) is 5.51. The van der Waals surface area contributed by atoms with Gasteiger partial charge in [-0.15, -0.1) is 0 Å². The highest BCUT2D eigenvalue weighted by Crippen LogP contribution is 2.27. The molecule has 2 saturated heterocycles. The number of amides is 1. The number of rotatable bonds is 3. The summed E-state index contributed by atoms with van der Waals surface area (Å²) in [7, 11) is -3.49. The van der Waals surface area contributed by atoms with E-state index in [0.29, 0.717) is 37.7 Å². The maximum atomic E-state index is 12.9. The molecular weight excluding hydrogens is 340 g/mol. The van der Waals surface area contributed by atoms with Gasteiger partial charge in [0, 0.05) is 32.8 Å². The fourth-order valence-corrected chi connectivity index (χ4v) is 5.46. The topological polar surface area (TPSA) is 66.9 Å². The van der Waals surface area contributed by atoms with E-state index in [0.717, 1.165) is 37.7 Å². The van der Waals surface area contributed by atoms with Gasteiger partial charge in [-0.25, -0.2) is 8.42 Å². The average Bonchev–Trinajstić information content (AvgIpc) is 3.32. The highest BCUT2D eigenvalue weighted by molar-refractivity contribution is 7.89. The predicted molar refractivity (Wildman–Crippen MR) is 92.8 cm³/mol. The molecule has 1 aromatic rings. The van der Waals surface area contributed by atoms with Crippen LogP contribution in [-0.4, -0.2) is 62.4 Å². The van der Waals surface area contributed by atoms with Crippen LogP contribution in [0.25, 0.3) is 0 Å². The number of benzene rings is 1. The second-order valence-electron chi connectivity index (χ2n) is 7.02. The molecule has 0 aromatic heterocycles. The molecular formula is C18H24N2O4S. The standard InChI is InChI=1S/C18H24N2O4S/c21-18(17-5-2-12-24-17)19-8-10-20(11-9-19)25(22,23)16-7-6-14-3-1-4-15(14)13-16/h6-7,13,17H,1-5,8-12H2. The third kappa shape index (κ3) is 3.20. The van der Waals surface area contributed by atoms with Crippen LogP contribution in [0, 0.1) is 0 Å². The molecule has 3 aliphatic rings. The van der Waals surface area contributed by atoms with Gasteiger partial charge in [0.15, 0.2) is 0 Å². The molecule has 1 aromatic carbocycles. The van der Waals surface area contributed by atoms with Crippen molar-refractivity contribution in [1.82, 2.24) is 9.21 Å². The zero-order valence-corrected chi connectivity index (χ0v) is 15.1. The fourth-order valence-electron chi connectivity index (χ4n) is 3.98. The quantitative estimate of drug-likeness (QED) is 0.808. The SMILES string of the molecule is O=C(C1CCCO1)N1CCN(S(=O)(=O)c2ccc3c(c2)CCC3)CC1. The minimum Gasteiger partial charge on any atom is -0.368 e. The molecule has 4 rings (SSSR count). The first-order chi connectivity index (χ1) is 12.1. The Kier molecular flexibility index (Phi) is 4.56. The summed E-state index contributed by atoms with van der Waals surface area (Å²) in [6.45, 7) is 2.20. The Labute approximate surface area is 148 Å². The number of fused-ring (bicyclic) bond motifs is 1.